The van der Waals surface area contributed by atoms with E-state index in [1.807, 2.05) is 32.0 Å². The summed E-state index contributed by atoms with van der Waals surface area (Å²) in [6.45, 7) is 3.85. The molecule has 2 aromatic carbocycles. The van der Waals surface area contributed by atoms with Gasteiger partial charge >= 0.3 is 5.97 Å². The van der Waals surface area contributed by atoms with Gasteiger partial charge in [-0.1, -0.05) is 35.9 Å². The number of carbonyl (C=O) groups is 3. The first-order chi connectivity index (χ1) is 16.3. The van der Waals surface area contributed by atoms with Crippen LogP contribution in [0.15, 0.2) is 72.6 Å². The van der Waals surface area contributed by atoms with Crippen LogP contribution in [0.1, 0.15) is 44.2 Å². The molecule has 1 atom stereocenters. The van der Waals surface area contributed by atoms with E-state index >= 15 is 0 Å². The minimum Gasteiger partial charge on any atom is -0.507 e. The topological polar surface area (TPSA) is 96.8 Å². The van der Waals surface area contributed by atoms with Crippen LogP contribution in [0.4, 0.5) is 0 Å². The van der Waals surface area contributed by atoms with Crippen LogP contribution in [0.3, 0.4) is 0 Å². The number of aromatic nitrogens is 1. The number of likely N-dealkylation sites (tertiary alicyclic amines) is 1. The Morgan fingerprint density at radius 2 is 1.82 bits per heavy atom. The van der Waals surface area contributed by atoms with Gasteiger partial charge in [0.15, 0.2) is 0 Å². The Morgan fingerprint density at radius 3 is 2.47 bits per heavy atom. The molecule has 7 heteroatoms. The van der Waals surface area contributed by atoms with Crippen molar-refractivity contribution in [3.8, 4) is 0 Å². The number of carbonyl (C=O) groups excluding carboxylic acids is 3. The molecule has 2 heterocycles. The van der Waals surface area contributed by atoms with E-state index in [1.165, 1.54) is 12.0 Å². The van der Waals surface area contributed by atoms with Crippen molar-refractivity contribution in [3.05, 3.63) is 106 Å². The van der Waals surface area contributed by atoms with Gasteiger partial charge in [-0.2, -0.15) is 0 Å². The molecule has 0 radical (unpaired) electrons. The van der Waals surface area contributed by atoms with Crippen molar-refractivity contribution in [1.29, 1.82) is 0 Å². The number of ketones is 1. The number of benzene rings is 2. The summed E-state index contributed by atoms with van der Waals surface area (Å²) in [7, 11) is 1.29. The van der Waals surface area contributed by atoms with Crippen molar-refractivity contribution in [2.45, 2.75) is 26.4 Å². The normalized spacial score (nSPS) is 17.1. The van der Waals surface area contributed by atoms with E-state index < -0.39 is 23.7 Å². The fraction of sp³-hybridized carbons (Fsp3) is 0.185. The van der Waals surface area contributed by atoms with Crippen molar-refractivity contribution in [2.24, 2.45) is 0 Å². The lowest BCUT2D eigenvalue weighted by atomic mass is 9.93. The number of aryl methyl sites for hydroxylation is 2. The molecule has 34 heavy (non-hydrogen) atoms. The lowest BCUT2D eigenvalue weighted by Gasteiger charge is -2.25. The first kappa shape index (κ1) is 22.9. The highest BCUT2D eigenvalue weighted by molar-refractivity contribution is 6.46. The molecule has 1 unspecified atom stereocenters. The van der Waals surface area contributed by atoms with E-state index in [4.69, 9.17) is 4.74 Å². The number of pyridine rings is 1. The standard InChI is InChI=1S/C27H24N2O5/c1-16-6-7-17(2)21(13-16)24(30)22-23(19-8-10-20(11-9-19)27(33)34-3)29(26(32)25(22)31)15-18-5-4-12-28-14-18/h4-14,23,30H,15H2,1-3H3. The van der Waals surface area contributed by atoms with Crippen LogP contribution in [-0.2, 0) is 20.9 Å². The van der Waals surface area contributed by atoms with Crippen molar-refractivity contribution in [2.75, 3.05) is 7.11 Å². The highest BCUT2D eigenvalue weighted by Crippen LogP contribution is 2.40. The van der Waals surface area contributed by atoms with Gasteiger partial charge in [0.2, 0.25) is 0 Å². The Bertz CT molecular complexity index is 1300. The molecule has 7 nitrogen and oxygen atoms in total. The molecular weight excluding hydrogens is 432 g/mol. The lowest BCUT2D eigenvalue weighted by Crippen LogP contribution is -2.29. The second kappa shape index (κ2) is 9.31. The number of Topliss-reactive ketones (excluding diaryl/α,β-unsaturated/α-hetero) is 1. The fourth-order valence-electron chi connectivity index (χ4n) is 4.13. The molecule has 0 bridgehead atoms. The molecule has 3 aromatic rings. The van der Waals surface area contributed by atoms with Crippen LogP contribution in [0, 0.1) is 13.8 Å². The molecule has 4 rings (SSSR count). The van der Waals surface area contributed by atoms with Gasteiger partial charge in [-0.15, -0.1) is 0 Å². The third-order valence-corrected chi connectivity index (χ3v) is 5.91. The summed E-state index contributed by atoms with van der Waals surface area (Å²) in [5, 5.41) is 11.3. The number of rotatable bonds is 5. The molecule has 0 aliphatic carbocycles. The van der Waals surface area contributed by atoms with Crippen molar-refractivity contribution >= 4 is 23.4 Å². The van der Waals surface area contributed by atoms with Gasteiger partial charge in [0.05, 0.1) is 24.3 Å². The van der Waals surface area contributed by atoms with Gasteiger partial charge in [0, 0.05) is 24.5 Å². The highest BCUT2D eigenvalue weighted by atomic mass is 16.5. The van der Waals surface area contributed by atoms with E-state index in [9.17, 15) is 19.5 Å². The SMILES string of the molecule is COC(=O)c1ccc(C2C(=C(O)c3cc(C)ccc3C)C(=O)C(=O)N2Cc2cccnc2)cc1. The smallest absolute Gasteiger partial charge is 0.337 e. The maximum atomic E-state index is 13.2. The second-order valence-corrected chi connectivity index (χ2v) is 8.22. The second-order valence-electron chi connectivity index (χ2n) is 8.22. The maximum Gasteiger partial charge on any atom is 0.337 e. The Labute approximate surface area is 197 Å². The Hall–Kier alpha value is -4.26. The molecule has 172 valence electrons. The van der Waals surface area contributed by atoms with E-state index in [1.54, 1.807) is 48.8 Å². The molecule has 0 saturated carbocycles. The number of amides is 1. The van der Waals surface area contributed by atoms with E-state index in [2.05, 4.69) is 4.98 Å². The van der Waals surface area contributed by atoms with E-state index in [0.29, 0.717) is 16.7 Å². The zero-order chi connectivity index (χ0) is 24.4. The van der Waals surface area contributed by atoms with Crippen molar-refractivity contribution < 1.29 is 24.2 Å². The number of nitrogens with zero attached hydrogens (tertiary/aromatic N) is 2. The molecule has 1 amide bonds. The third-order valence-electron chi connectivity index (χ3n) is 5.91. The predicted molar refractivity (Wildman–Crippen MR) is 126 cm³/mol. The number of ether oxygens (including phenoxy) is 1. The zero-order valence-corrected chi connectivity index (χ0v) is 19.1. The molecule has 0 spiro atoms. The summed E-state index contributed by atoms with van der Waals surface area (Å²) in [5.74, 6) is -2.19. The highest BCUT2D eigenvalue weighted by Gasteiger charge is 2.46. The van der Waals surface area contributed by atoms with Crippen LogP contribution in [-0.4, -0.2) is 39.8 Å². The molecular formula is C27H24N2O5. The first-order valence-corrected chi connectivity index (χ1v) is 10.7. The van der Waals surface area contributed by atoms with Crippen LogP contribution in [0.25, 0.3) is 5.76 Å². The van der Waals surface area contributed by atoms with Gasteiger partial charge in [-0.05, 0) is 54.8 Å². The van der Waals surface area contributed by atoms with Gasteiger partial charge < -0.3 is 14.7 Å². The summed E-state index contributed by atoms with van der Waals surface area (Å²) in [5.41, 5.74) is 3.86. The minimum atomic E-state index is -0.841. The Balaban J connectivity index is 1.88. The van der Waals surface area contributed by atoms with Crippen LogP contribution in [0.5, 0.6) is 0 Å². The summed E-state index contributed by atoms with van der Waals surface area (Å²) >= 11 is 0. The minimum absolute atomic E-state index is 0.00779. The number of aliphatic hydroxyl groups excluding tert-OH is 1. The van der Waals surface area contributed by atoms with Gasteiger partial charge in [-0.25, -0.2) is 4.79 Å². The molecule has 1 aliphatic rings. The summed E-state index contributed by atoms with van der Waals surface area (Å²) < 4.78 is 4.76. The van der Waals surface area contributed by atoms with Crippen LogP contribution in [0.2, 0.25) is 0 Å². The average molecular weight is 456 g/mol. The third kappa shape index (κ3) is 4.20. The molecule has 1 saturated heterocycles. The number of methoxy groups -OCH3 is 1. The van der Waals surface area contributed by atoms with Crippen LogP contribution >= 0.6 is 0 Å². The van der Waals surface area contributed by atoms with Gasteiger partial charge in [-0.3, -0.25) is 14.6 Å². The Kier molecular flexibility index (Phi) is 6.27. The molecule has 1 aliphatic heterocycles. The summed E-state index contributed by atoms with van der Waals surface area (Å²) in [4.78, 5) is 43.8. The van der Waals surface area contributed by atoms with Crippen LogP contribution < -0.4 is 0 Å². The number of hydrogen-bond acceptors (Lipinski definition) is 6. The van der Waals surface area contributed by atoms with E-state index in [0.717, 1.165) is 16.7 Å². The largest absolute Gasteiger partial charge is 0.507 e. The summed E-state index contributed by atoms with van der Waals surface area (Å²) in [6.07, 6.45) is 3.25. The lowest BCUT2D eigenvalue weighted by molar-refractivity contribution is -0.140. The quantitative estimate of drug-likeness (QED) is 0.269. The van der Waals surface area contributed by atoms with Gasteiger partial charge in [0.25, 0.3) is 11.7 Å². The molecule has 1 N–H and O–H groups in total. The fourth-order valence-corrected chi connectivity index (χ4v) is 4.13. The average Bonchev–Trinajstić information content (AvgIpc) is 3.10. The number of esters is 1. The first-order valence-electron chi connectivity index (χ1n) is 10.7. The zero-order valence-electron chi connectivity index (χ0n) is 19.1. The number of aliphatic hydroxyl groups is 1. The maximum absolute atomic E-state index is 13.2. The number of hydrogen-bond donors (Lipinski definition) is 1. The molecule has 1 aromatic heterocycles. The van der Waals surface area contributed by atoms with Gasteiger partial charge in [0.1, 0.15) is 5.76 Å². The summed E-state index contributed by atoms with van der Waals surface area (Å²) in [6, 6.07) is 14.8. The predicted octanol–water partition coefficient (Wildman–Crippen LogP) is 4.11. The Morgan fingerprint density at radius 1 is 1.09 bits per heavy atom. The molecule has 1 fully saturated rings. The monoisotopic (exact) mass is 456 g/mol. The van der Waals surface area contributed by atoms with E-state index in [-0.39, 0.29) is 17.9 Å². The van der Waals surface area contributed by atoms with Crippen molar-refractivity contribution in [3.63, 3.8) is 0 Å². The van der Waals surface area contributed by atoms with Crippen molar-refractivity contribution in [1.82, 2.24) is 9.88 Å².